The minimum absolute atomic E-state index is 0.0253. The van der Waals surface area contributed by atoms with Crippen molar-refractivity contribution >= 4 is 6.29 Å². The molecule has 0 fully saturated rings. The van der Waals surface area contributed by atoms with Crippen molar-refractivity contribution < 1.29 is 19.4 Å². The van der Waals surface area contributed by atoms with Crippen LogP contribution in [0.25, 0.3) is 0 Å². The summed E-state index contributed by atoms with van der Waals surface area (Å²) < 4.78 is 11.0. The number of aldehydes is 1. The molecule has 0 aliphatic rings. The van der Waals surface area contributed by atoms with E-state index in [4.69, 9.17) is 14.6 Å². The summed E-state index contributed by atoms with van der Waals surface area (Å²) in [4.78, 5) is 11.0. The highest BCUT2D eigenvalue weighted by Gasteiger charge is 2.06. The molecule has 0 spiro atoms. The minimum atomic E-state index is 0.0253. The van der Waals surface area contributed by atoms with Gasteiger partial charge in [0.2, 0.25) is 0 Å². The first-order chi connectivity index (χ1) is 11.8. The van der Waals surface area contributed by atoms with Crippen molar-refractivity contribution in [3.63, 3.8) is 0 Å². The molecule has 0 saturated heterocycles. The fraction of sp³-hybridized carbons (Fsp3) is 0.650. The van der Waals surface area contributed by atoms with Gasteiger partial charge < -0.3 is 14.6 Å². The Kier molecular flexibility index (Phi) is 12.0. The van der Waals surface area contributed by atoms with Crippen LogP contribution in [-0.2, 0) is 11.2 Å². The molecule has 0 bridgehead atoms. The highest BCUT2D eigenvalue weighted by molar-refractivity contribution is 5.75. The number of hydrogen-bond donors (Lipinski definition) is 1. The summed E-state index contributed by atoms with van der Waals surface area (Å²) in [6, 6.07) is 5.57. The summed E-state index contributed by atoms with van der Waals surface area (Å²) in [5.41, 5.74) is 1.78. The molecule has 0 aliphatic heterocycles. The summed E-state index contributed by atoms with van der Waals surface area (Å²) in [7, 11) is 0. The lowest BCUT2D eigenvalue weighted by Gasteiger charge is -2.12. The van der Waals surface area contributed by atoms with Gasteiger partial charge in [-0.05, 0) is 36.6 Å². The zero-order valence-electron chi connectivity index (χ0n) is 15.0. The molecule has 1 rings (SSSR count). The lowest BCUT2D eigenvalue weighted by Crippen LogP contribution is -2.10. The monoisotopic (exact) mass is 336 g/mol. The number of carbonyl (C=O) groups excluding carboxylic acids is 1. The van der Waals surface area contributed by atoms with Crippen molar-refractivity contribution in [3.05, 3.63) is 29.3 Å². The van der Waals surface area contributed by atoms with E-state index in [0.717, 1.165) is 30.4 Å². The molecule has 0 saturated carbocycles. The van der Waals surface area contributed by atoms with Crippen LogP contribution in [0.3, 0.4) is 0 Å². The second-order valence-electron chi connectivity index (χ2n) is 6.04. The molecule has 0 atom stereocenters. The SMILES string of the molecule is CCCCCCCCCc1cc(C=O)ccc1OCCOCCO. The third-order valence-corrected chi connectivity index (χ3v) is 3.99. The highest BCUT2D eigenvalue weighted by atomic mass is 16.5. The van der Waals surface area contributed by atoms with Crippen LogP contribution in [0.4, 0.5) is 0 Å². The van der Waals surface area contributed by atoms with Gasteiger partial charge in [-0.2, -0.15) is 0 Å². The van der Waals surface area contributed by atoms with Gasteiger partial charge in [0.05, 0.1) is 19.8 Å². The standard InChI is InChI=1S/C20H32O4/c1-2-3-4-5-6-7-8-9-19-16-18(17-22)10-11-20(19)24-15-14-23-13-12-21/h10-11,16-17,21H,2-9,12-15H2,1H3. The first-order valence-electron chi connectivity index (χ1n) is 9.21. The number of ether oxygens (including phenoxy) is 2. The topological polar surface area (TPSA) is 55.8 Å². The van der Waals surface area contributed by atoms with Crippen molar-refractivity contribution in [1.29, 1.82) is 0 Å². The van der Waals surface area contributed by atoms with Crippen LogP contribution >= 0.6 is 0 Å². The van der Waals surface area contributed by atoms with E-state index in [1.807, 2.05) is 12.1 Å². The largest absolute Gasteiger partial charge is 0.491 e. The minimum Gasteiger partial charge on any atom is -0.491 e. The van der Waals surface area contributed by atoms with Crippen LogP contribution in [0.5, 0.6) is 5.75 Å². The van der Waals surface area contributed by atoms with Crippen molar-refractivity contribution in [2.24, 2.45) is 0 Å². The Morgan fingerprint density at radius 2 is 1.75 bits per heavy atom. The summed E-state index contributed by atoms with van der Waals surface area (Å²) in [6.07, 6.45) is 10.7. The molecule has 0 unspecified atom stereocenters. The van der Waals surface area contributed by atoms with Gasteiger partial charge in [0.25, 0.3) is 0 Å². The van der Waals surface area contributed by atoms with Crippen molar-refractivity contribution in [2.75, 3.05) is 26.4 Å². The number of benzene rings is 1. The average Bonchev–Trinajstić information content (AvgIpc) is 2.61. The molecule has 4 heteroatoms. The molecule has 0 aliphatic carbocycles. The van der Waals surface area contributed by atoms with Gasteiger partial charge in [-0.1, -0.05) is 45.4 Å². The maximum absolute atomic E-state index is 11.0. The molecule has 0 heterocycles. The number of carbonyl (C=O) groups is 1. The molecule has 0 radical (unpaired) electrons. The maximum Gasteiger partial charge on any atom is 0.150 e. The van der Waals surface area contributed by atoms with E-state index in [1.54, 1.807) is 6.07 Å². The van der Waals surface area contributed by atoms with Crippen LogP contribution in [0.15, 0.2) is 18.2 Å². The second kappa shape index (κ2) is 14.0. The summed E-state index contributed by atoms with van der Waals surface area (Å²) in [5.74, 6) is 0.833. The molecule has 1 N–H and O–H groups in total. The van der Waals surface area contributed by atoms with Crippen LogP contribution in [0.2, 0.25) is 0 Å². The van der Waals surface area contributed by atoms with E-state index < -0.39 is 0 Å². The molecule has 24 heavy (non-hydrogen) atoms. The second-order valence-corrected chi connectivity index (χ2v) is 6.04. The molecule has 1 aromatic rings. The Hall–Kier alpha value is -1.39. The number of aryl methyl sites for hydroxylation is 1. The molecule has 1 aromatic carbocycles. The maximum atomic E-state index is 11.0. The lowest BCUT2D eigenvalue weighted by atomic mass is 10.0. The van der Waals surface area contributed by atoms with Crippen molar-refractivity contribution in [1.82, 2.24) is 0 Å². The number of rotatable bonds is 15. The summed E-state index contributed by atoms with van der Waals surface area (Å²) in [6.45, 7) is 3.49. The number of unbranched alkanes of at least 4 members (excludes halogenated alkanes) is 6. The zero-order valence-corrected chi connectivity index (χ0v) is 15.0. The fourth-order valence-corrected chi connectivity index (χ4v) is 2.66. The first-order valence-corrected chi connectivity index (χ1v) is 9.21. The third kappa shape index (κ3) is 9.04. The lowest BCUT2D eigenvalue weighted by molar-refractivity contribution is 0.0703. The Morgan fingerprint density at radius 3 is 2.46 bits per heavy atom. The number of aliphatic hydroxyl groups is 1. The van der Waals surface area contributed by atoms with Crippen molar-refractivity contribution in [2.45, 2.75) is 58.3 Å². The number of aliphatic hydroxyl groups excluding tert-OH is 1. The van der Waals surface area contributed by atoms with E-state index >= 15 is 0 Å². The van der Waals surface area contributed by atoms with Gasteiger partial charge in [0.1, 0.15) is 18.6 Å². The van der Waals surface area contributed by atoms with Gasteiger partial charge in [-0.25, -0.2) is 0 Å². The zero-order chi connectivity index (χ0) is 17.5. The Bertz CT molecular complexity index is 445. The molecule has 0 amide bonds. The van der Waals surface area contributed by atoms with Crippen LogP contribution < -0.4 is 4.74 Å². The van der Waals surface area contributed by atoms with E-state index in [2.05, 4.69) is 6.92 Å². The third-order valence-electron chi connectivity index (χ3n) is 3.99. The predicted molar refractivity (Wildman–Crippen MR) is 96.9 cm³/mol. The molecular weight excluding hydrogens is 304 g/mol. The Balaban J connectivity index is 2.39. The van der Waals surface area contributed by atoms with Gasteiger partial charge in [-0.15, -0.1) is 0 Å². The molecule has 4 nitrogen and oxygen atoms in total. The van der Waals surface area contributed by atoms with Gasteiger partial charge in [0.15, 0.2) is 0 Å². The highest BCUT2D eigenvalue weighted by Crippen LogP contribution is 2.22. The smallest absolute Gasteiger partial charge is 0.150 e. The van der Waals surface area contributed by atoms with E-state index in [-0.39, 0.29) is 6.61 Å². The van der Waals surface area contributed by atoms with E-state index in [9.17, 15) is 4.79 Å². The summed E-state index contributed by atoms with van der Waals surface area (Å²) in [5, 5.41) is 8.67. The Labute approximate surface area is 146 Å². The van der Waals surface area contributed by atoms with Gasteiger partial charge >= 0.3 is 0 Å². The first kappa shape index (κ1) is 20.7. The summed E-state index contributed by atoms with van der Waals surface area (Å²) >= 11 is 0. The average molecular weight is 336 g/mol. The quantitative estimate of drug-likeness (QED) is 0.386. The normalized spacial score (nSPS) is 10.8. The van der Waals surface area contributed by atoms with Crippen molar-refractivity contribution in [3.8, 4) is 5.75 Å². The molecule has 136 valence electrons. The van der Waals surface area contributed by atoms with Gasteiger partial charge in [0, 0.05) is 5.56 Å². The molecular formula is C20H32O4. The van der Waals surface area contributed by atoms with Crippen LogP contribution in [-0.4, -0.2) is 37.8 Å². The van der Waals surface area contributed by atoms with Crippen LogP contribution in [0, 0.1) is 0 Å². The van der Waals surface area contributed by atoms with E-state index in [0.29, 0.717) is 25.4 Å². The Morgan fingerprint density at radius 1 is 1.00 bits per heavy atom. The number of hydrogen-bond acceptors (Lipinski definition) is 4. The van der Waals surface area contributed by atoms with E-state index in [1.165, 1.54) is 38.5 Å². The van der Waals surface area contributed by atoms with Gasteiger partial charge in [-0.3, -0.25) is 4.79 Å². The predicted octanol–water partition coefficient (Wildman–Crippen LogP) is 4.18. The van der Waals surface area contributed by atoms with Crippen LogP contribution in [0.1, 0.15) is 67.8 Å². The fourth-order valence-electron chi connectivity index (χ4n) is 2.66. The molecule has 0 aromatic heterocycles.